The van der Waals surface area contributed by atoms with E-state index in [0.29, 0.717) is 29.4 Å². The number of anilines is 1. The fraction of sp³-hybridized carbons (Fsp3) is 0.300. The highest BCUT2D eigenvalue weighted by Gasteiger charge is 2.16. The number of amides is 1. The summed E-state index contributed by atoms with van der Waals surface area (Å²) in [6.07, 6.45) is 0. The summed E-state index contributed by atoms with van der Waals surface area (Å²) in [5.41, 5.74) is 1.07. The average Bonchev–Trinajstić information content (AvgIpc) is 2.68. The molecule has 0 saturated heterocycles. The van der Waals surface area contributed by atoms with Crippen LogP contribution < -0.4 is 14.8 Å². The van der Waals surface area contributed by atoms with Crippen molar-refractivity contribution in [3.05, 3.63) is 48.0 Å². The second-order valence-corrected chi connectivity index (χ2v) is 6.98. The Labute approximate surface area is 163 Å². The van der Waals surface area contributed by atoms with Crippen LogP contribution in [0.25, 0.3) is 0 Å². The molecule has 27 heavy (non-hydrogen) atoms. The maximum absolute atomic E-state index is 12.4. The predicted octanol–water partition coefficient (Wildman–Crippen LogP) is 4.00. The molecule has 6 nitrogen and oxygen atoms in total. The van der Waals surface area contributed by atoms with E-state index in [1.807, 2.05) is 19.1 Å². The highest BCUT2D eigenvalue weighted by Crippen LogP contribution is 2.33. The zero-order chi connectivity index (χ0) is 19.8. The number of hydrogen-bond donors (Lipinski definition) is 1. The highest BCUT2D eigenvalue weighted by atomic mass is 32.2. The Hall–Kier alpha value is -2.67. The number of nitrogens with one attached hydrogen (secondary N) is 1. The molecular weight excluding hydrogens is 366 g/mol. The van der Waals surface area contributed by atoms with E-state index in [0.717, 1.165) is 4.90 Å². The summed E-state index contributed by atoms with van der Waals surface area (Å²) in [5.74, 6) is 0.733. The van der Waals surface area contributed by atoms with Gasteiger partial charge in [-0.1, -0.05) is 0 Å². The van der Waals surface area contributed by atoms with Gasteiger partial charge in [-0.2, -0.15) is 0 Å². The van der Waals surface area contributed by atoms with Gasteiger partial charge in [0.25, 0.3) is 0 Å². The number of methoxy groups -OCH3 is 2. The monoisotopic (exact) mass is 389 g/mol. The third-order valence-corrected chi connectivity index (χ3v) is 4.79. The number of carbonyl (C=O) groups excluding carboxylic acids is 2. The molecule has 2 rings (SSSR count). The quantitative estimate of drug-likeness (QED) is 0.543. The molecule has 1 amide bonds. The zero-order valence-electron chi connectivity index (χ0n) is 15.8. The number of carbonyl (C=O) groups is 2. The average molecular weight is 389 g/mol. The van der Waals surface area contributed by atoms with Gasteiger partial charge in [0.2, 0.25) is 5.91 Å². The van der Waals surface area contributed by atoms with Gasteiger partial charge in [-0.15, -0.1) is 11.8 Å². The lowest BCUT2D eigenvalue weighted by molar-refractivity contribution is -0.115. The lowest BCUT2D eigenvalue weighted by atomic mass is 10.2. The maximum Gasteiger partial charge on any atom is 0.338 e. The first-order valence-electron chi connectivity index (χ1n) is 8.45. The highest BCUT2D eigenvalue weighted by molar-refractivity contribution is 8.00. The predicted molar refractivity (Wildman–Crippen MR) is 106 cm³/mol. The van der Waals surface area contributed by atoms with Crippen molar-refractivity contribution < 1.29 is 23.8 Å². The molecule has 0 radical (unpaired) electrons. The van der Waals surface area contributed by atoms with Gasteiger partial charge in [0, 0.05) is 10.6 Å². The second kappa shape index (κ2) is 9.87. The lowest BCUT2D eigenvalue weighted by Gasteiger charge is -2.14. The van der Waals surface area contributed by atoms with Gasteiger partial charge in [-0.3, -0.25) is 4.79 Å². The van der Waals surface area contributed by atoms with Crippen molar-refractivity contribution in [1.29, 1.82) is 0 Å². The third-order valence-electron chi connectivity index (χ3n) is 3.70. The van der Waals surface area contributed by atoms with E-state index < -0.39 is 0 Å². The summed E-state index contributed by atoms with van der Waals surface area (Å²) in [7, 11) is 3.15. The van der Waals surface area contributed by atoms with Crippen LogP contribution >= 0.6 is 11.8 Å². The summed E-state index contributed by atoms with van der Waals surface area (Å²) < 4.78 is 15.4. The van der Waals surface area contributed by atoms with Gasteiger partial charge in [0.1, 0.15) is 0 Å². The van der Waals surface area contributed by atoms with Crippen LogP contribution in [0.4, 0.5) is 5.69 Å². The van der Waals surface area contributed by atoms with E-state index >= 15 is 0 Å². The van der Waals surface area contributed by atoms with Crippen LogP contribution in [0.2, 0.25) is 0 Å². The van der Waals surface area contributed by atoms with Crippen LogP contribution in [0.15, 0.2) is 47.4 Å². The maximum atomic E-state index is 12.4. The molecular formula is C20H23NO5S. The van der Waals surface area contributed by atoms with Crippen molar-refractivity contribution in [1.82, 2.24) is 0 Å². The van der Waals surface area contributed by atoms with Gasteiger partial charge in [-0.05, 0) is 56.3 Å². The van der Waals surface area contributed by atoms with Gasteiger partial charge in [0.15, 0.2) is 11.5 Å². The molecule has 2 aromatic carbocycles. The van der Waals surface area contributed by atoms with Crippen molar-refractivity contribution in [3.8, 4) is 11.5 Å². The Balaban J connectivity index is 1.98. The molecule has 0 aliphatic rings. The molecule has 0 aliphatic carbocycles. The molecule has 0 heterocycles. The third kappa shape index (κ3) is 5.65. The summed E-state index contributed by atoms with van der Waals surface area (Å²) in [6.45, 7) is 3.90. The van der Waals surface area contributed by atoms with E-state index in [1.54, 1.807) is 51.5 Å². The van der Waals surface area contributed by atoms with Crippen LogP contribution in [-0.4, -0.2) is 38.0 Å². The van der Waals surface area contributed by atoms with Crippen LogP contribution in [0.1, 0.15) is 24.2 Å². The van der Waals surface area contributed by atoms with Crippen molar-refractivity contribution >= 4 is 29.3 Å². The molecule has 2 aromatic rings. The fourth-order valence-electron chi connectivity index (χ4n) is 2.30. The first kappa shape index (κ1) is 20.6. The Morgan fingerprint density at radius 1 is 1.04 bits per heavy atom. The number of ether oxygens (including phenoxy) is 3. The number of benzene rings is 2. The summed E-state index contributed by atoms with van der Waals surface area (Å²) in [6, 6.07) is 12.1. The minimum atomic E-state index is -0.382. The SMILES string of the molecule is CCOC(=O)c1ccc(NC(=O)C(C)Sc2ccc(OC)c(OC)c2)cc1. The Kier molecular flexibility index (Phi) is 7.55. The van der Waals surface area contributed by atoms with Crippen molar-refractivity contribution in [2.75, 3.05) is 26.1 Å². The van der Waals surface area contributed by atoms with Crippen molar-refractivity contribution in [3.63, 3.8) is 0 Å². The van der Waals surface area contributed by atoms with Crippen LogP contribution in [0, 0.1) is 0 Å². The molecule has 0 aromatic heterocycles. The van der Waals surface area contributed by atoms with Gasteiger partial charge < -0.3 is 19.5 Å². The smallest absolute Gasteiger partial charge is 0.338 e. The van der Waals surface area contributed by atoms with E-state index in [9.17, 15) is 9.59 Å². The minimum Gasteiger partial charge on any atom is -0.493 e. The lowest BCUT2D eigenvalue weighted by Crippen LogP contribution is -2.22. The number of esters is 1. The molecule has 0 fully saturated rings. The molecule has 0 bridgehead atoms. The summed E-state index contributed by atoms with van der Waals surface area (Å²) in [5, 5.41) is 2.52. The van der Waals surface area contributed by atoms with E-state index in [2.05, 4.69) is 5.32 Å². The largest absolute Gasteiger partial charge is 0.493 e. The number of rotatable bonds is 8. The molecule has 0 spiro atoms. The van der Waals surface area contributed by atoms with Crippen molar-refractivity contribution in [2.24, 2.45) is 0 Å². The zero-order valence-corrected chi connectivity index (χ0v) is 16.6. The first-order chi connectivity index (χ1) is 13.0. The van der Waals surface area contributed by atoms with Gasteiger partial charge >= 0.3 is 5.97 Å². The Bertz CT molecular complexity index is 791. The van der Waals surface area contributed by atoms with Crippen molar-refractivity contribution in [2.45, 2.75) is 24.0 Å². The van der Waals surface area contributed by atoms with Crippen LogP contribution in [0.3, 0.4) is 0 Å². The standard InChI is InChI=1S/C20H23NO5S/c1-5-26-20(23)14-6-8-15(9-7-14)21-19(22)13(2)27-16-10-11-17(24-3)18(12-16)25-4/h6-13H,5H2,1-4H3,(H,21,22). The Morgan fingerprint density at radius 3 is 2.30 bits per heavy atom. The van der Waals surface area contributed by atoms with Crippen LogP contribution in [0.5, 0.6) is 11.5 Å². The molecule has 1 N–H and O–H groups in total. The molecule has 7 heteroatoms. The molecule has 144 valence electrons. The second-order valence-electron chi connectivity index (χ2n) is 5.56. The van der Waals surface area contributed by atoms with E-state index in [-0.39, 0.29) is 17.1 Å². The van der Waals surface area contributed by atoms with E-state index in [4.69, 9.17) is 14.2 Å². The van der Waals surface area contributed by atoms with Crippen LogP contribution in [-0.2, 0) is 9.53 Å². The normalized spacial score (nSPS) is 11.4. The summed E-state index contributed by atoms with van der Waals surface area (Å²) in [4.78, 5) is 25.0. The molecule has 1 unspecified atom stereocenters. The van der Waals surface area contributed by atoms with Gasteiger partial charge in [0.05, 0.1) is 31.6 Å². The minimum absolute atomic E-state index is 0.140. The molecule has 0 aliphatic heterocycles. The summed E-state index contributed by atoms with van der Waals surface area (Å²) >= 11 is 1.41. The first-order valence-corrected chi connectivity index (χ1v) is 9.33. The number of hydrogen-bond acceptors (Lipinski definition) is 6. The Morgan fingerprint density at radius 2 is 1.70 bits per heavy atom. The molecule has 1 atom stereocenters. The fourth-order valence-corrected chi connectivity index (χ4v) is 3.19. The van der Waals surface area contributed by atoms with E-state index in [1.165, 1.54) is 11.8 Å². The topological polar surface area (TPSA) is 73.9 Å². The number of thioether (sulfide) groups is 1. The molecule has 0 saturated carbocycles. The van der Waals surface area contributed by atoms with Gasteiger partial charge in [-0.25, -0.2) is 4.79 Å².